The normalized spacial score (nSPS) is 11.7. The molecular weight excluding hydrogens is 470 g/mol. The van der Waals surface area contributed by atoms with Gasteiger partial charge in [0.15, 0.2) is 0 Å². The molecule has 190 valence electrons. The minimum absolute atomic E-state index is 0.00260. The minimum Gasteiger partial charge on any atom is -0.369 e. The molecule has 1 atom stereocenters. The van der Waals surface area contributed by atoms with Crippen molar-refractivity contribution in [2.24, 2.45) is 11.8 Å². The van der Waals surface area contributed by atoms with Crippen molar-refractivity contribution in [1.82, 2.24) is 16.0 Å². The lowest BCUT2D eigenvalue weighted by Gasteiger charge is -2.12. The zero-order valence-corrected chi connectivity index (χ0v) is 22.6. The van der Waals surface area contributed by atoms with Gasteiger partial charge in [-0.25, -0.2) is 0 Å². The number of amides is 2. The number of nitrogens with one attached hydrogen (secondary N) is 3. The predicted molar refractivity (Wildman–Crippen MR) is 142 cm³/mol. The van der Waals surface area contributed by atoms with Gasteiger partial charge in [0.1, 0.15) is 12.0 Å². The van der Waals surface area contributed by atoms with E-state index in [0.29, 0.717) is 43.7 Å². The Labute approximate surface area is 212 Å². The van der Waals surface area contributed by atoms with Crippen LogP contribution in [0.1, 0.15) is 45.0 Å². The molecule has 3 N–H and O–H groups in total. The molecule has 0 radical (unpaired) electrons. The molecule has 0 aliphatic rings. The lowest BCUT2D eigenvalue weighted by molar-refractivity contribution is -0.126. The molecule has 1 rings (SSSR count). The van der Waals surface area contributed by atoms with Gasteiger partial charge in [0.05, 0.1) is 19.8 Å². The molecule has 0 saturated carbocycles. The molecule has 0 spiro atoms. The van der Waals surface area contributed by atoms with Crippen LogP contribution in [0.3, 0.4) is 0 Å². The van der Waals surface area contributed by atoms with Crippen LogP contribution in [0.25, 0.3) is 0 Å². The number of hydrogen-bond acceptors (Lipinski definition) is 7. The van der Waals surface area contributed by atoms with Crippen LogP contribution in [0.4, 0.5) is 0 Å². The van der Waals surface area contributed by atoms with Gasteiger partial charge in [-0.1, -0.05) is 61.1 Å². The fraction of sp³-hybridized carbons (Fsp3) is 0.600. The van der Waals surface area contributed by atoms with E-state index in [-0.39, 0.29) is 23.9 Å². The van der Waals surface area contributed by atoms with Crippen molar-refractivity contribution in [1.29, 1.82) is 0 Å². The topological polar surface area (TPSA) is 88.7 Å². The molecule has 2 amide bonds. The molecule has 7 nitrogen and oxygen atoms in total. The summed E-state index contributed by atoms with van der Waals surface area (Å²) in [6.45, 7) is 13.7. The first-order chi connectivity index (χ1) is 16.3. The van der Waals surface area contributed by atoms with Crippen molar-refractivity contribution in [3.63, 3.8) is 0 Å². The van der Waals surface area contributed by atoms with E-state index in [0.717, 1.165) is 18.0 Å². The third kappa shape index (κ3) is 16.0. The Morgan fingerprint density at radius 1 is 1.00 bits per heavy atom. The molecule has 1 unspecified atom stereocenters. The molecule has 0 heterocycles. The van der Waals surface area contributed by atoms with Crippen LogP contribution in [0.2, 0.25) is 0 Å². The van der Waals surface area contributed by atoms with Crippen LogP contribution in [-0.4, -0.2) is 63.3 Å². The molecule has 1 aromatic rings. The van der Waals surface area contributed by atoms with Crippen LogP contribution in [0.15, 0.2) is 29.2 Å². The summed E-state index contributed by atoms with van der Waals surface area (Å²) in [5.74, 6) is 6.52. The summed E-state index contributed by atoms with van der Waals surface area (Å²) in [7, 11) is 3.17. The van der Waals surface area contributed by atoms with Gasteiger partial charge in [-0.05, 0) is 43.7 Å². The highest BCUT2D eigenvalue weighted by atomic mass is 33.1. The van der Waals surface area contributed by atoms with Gasteiger partial charge >= 0.3 is 0 Å². The highest BCUT2D eigenvalue weighted by Gasteiger charge is 2.08. The van der Waals surface area contributed by atoms with E-state index in [9.17, 15) is 9.59 Å². The molecule has 1 aromatic carbocycles. The number of hydrogen-bond donors (Lipinski definition) is 3. The fourth-order valence-corrected chi connectivity index (χ4v) is 4.34. The Morgan fingerprint density at radius 2 is 1.74 bits per heavy atom. The molecular formula is C25H39N3O4S2. The summed E-state index contributed by atoms with van der Waals surface area (Å²) in [4.78, 5) is 24.9. The van der Waals surface area contributed by atoms with Gasteiger partial charge < -0.3 is 25.4 Å². The molecule has 0 saturated heterocycles. The number of rotatable bonds is 16. The standard InChI is InChI=1S/C25H39N3O4S2/c1-19(2)7-6-12-27-24(29)18-31-15-16-32-21(5)33-34-23-10-8-22(9-11-23)25(30)28-14-13-26-17-20(3)4/h8-11,19-21,26H,12-18H2,1-5H3,(H,27,29)(H,28,30). The molecule has 34 heavy (non-hydrogen) atoms. The third-order valence-electron chi connectivity index (χ3n) is 4.11. The van der Waals surface area contributed by atoms with Crippen LogP contribution in [0, 0.1) is 23.7 Å². The largest absolute Gasteiger partial charge is 0.369 e. The monoisotopic (exact) mass is 509 g/mol. The van der Waals surface area contributed by atoms with E-state index in [1.54, 1.807) is 21.6 Å². The molecule has 9 heteroatoms. The maximum absolute atomic E-state index is 12.2. The Kier molecular flexibility index (Phi) is 16.6. The zero-order chi connectivity index (χ0) is 25.2. The van der Waals surface area contributed by atoms with Gasteiger partial charge in [-0.15, -0.1) is 0 Å². The summed E-state index contributed by atoms with van der Waals surface area (Å²) in [6, 6.07) is 7.53. The lowest BCUT2D eigenvalue weighted by Crippen LogP contribution is -2.33. The molecule has 0 aliphatic carbocycles. The zero-order valence-electron chi connectivity index (χ0n) is 20.9. The lowest BCUT2D eigenvalue weighted by atomic mass is 10.2. The van der Waals surface area contributed by atoms with E-state index in [1.165, 1.54) is 0 Å². The van der Waals surface area contributed by atoms with Crippen LogP contribution in [0.5, 0.6) is 0 Å². The Bertz CT molecular complexity index is 777. The number of ether oxygens (including phenoxy) is 2. The van der Waals surface area contributed by atoms with Crippen LogP contribution >= 0.6 is 21.6 Å². The Hall–Kier alpha value is -1.70. The predicted octanol–water partition coefficient (Wildman–Crippen LogP) is 3.56. The van der Waals surface area contributed by atoms with E-state index in [2.05, 4.69) is 41.6 Å². The van der Waals surface area contributed by atoms with Crippen molar-refractivity contribution < 1.29 is 19.1 Å². The van der Waals surface area contributed by atoms with E-state index >= 15 is 0 Å². The molecule has 0 aromatic heterocycles. The minimum atomic E-state index is -0.184. The molecule has 0 bridgehead atoms. The maximum Gasteiger partial charge on any atom is 0.251 e. The second kappa shape index (κ2) is 18.6. The maximum atomic E-state index is 12.2. The highest BCUT2D eigenvalue weighted by Crippen LogP contribution is 2.34. The first-order valence-electron chi connectivity index (χ1n) is 11.6. The van der Waals surface area contributed by atoms with E-state index in [1.807, 2.05) is 45.0 Å². The highest BCUT2D eigenvalue weighted by molar-refractivity contribution is 8.76. The van der Waals surface area contributed by atoms with Gasteiger partial charge in [0, 0.05) is 29.5 Å². The second-order valence-electron chi connectivity index (χ2n) is 8.30. The fourth-order valence-electron chi connectivity index (χ4n) is 2.46. The van der Waals surface area contributed by atoms with E-state index in [4.69, 9.17) is 9.47 Å². The van der Waals surface area contributed by atoms with Crippen molar-refractivity contribution in [3.8, 4) is 11.8 Å². The average Bonchev–Trinajstić information content (AvgIpc) is 2.80. The van der Waals surface area contributed by atoms with Crippen LogP contribution < -0.4 is 16.0 Å². The third-order valence-corrected chi connectivity index (χ3v) is 6.76. The molecule has 0 fully saturated rings. The van der Waals surface area contributed by atoms with Gasteiger partial charge in [-0.2, -0.15) is 0 Å². The Morgan fingerprint density at radius 3 is 2.41 bits per heavy atom. The Balaban J connectivity index is 2.14. The first kappa shape index (κ1) is 30.3. The van der Waals surface area contributed by atoms with Crippen molar-refractivity contribution >= 4 is 33.4 Å². The first-order valence-corrected chi connectivity index (χ1v) is 13.9. The van der Waals surface area contributed by atoms with Gasteiger partial charge in [0.25, 0.3) is 5.91 Å². The van der Waals surface area contributed by atoms with Crippen LogP contribution in [-0.2, 0) is 14.3 Å². The average molecular weight is 510 g/mol. The quantitative estimate of drug-likeness (QED) is 0.136. The SMILES string of the molecule is CC(C)C#CCNC(=O)COCCOC(C)SSc1ccc(C(=O)NCCNCC(C)C)cc1. The smallest absolute Gasteiger partial charge is 0.251 e. The van der Waals surface area contributed by atoms with E-state index < -0.39 is 0 Å². The summed E-state index contributed by atoms with van der Waals surface area (Å²) < 4.78 is 11.0. The second-order valence-corrected chi connectivity index (χ2v) is 10.9. The van der Waals surface area contributed by atoms with Crippen molar-refractivity contribution in [2.45, 2.75) is 45.0 Å². The summed E-state index contributed by atoms with van der Waals surface area (Å²) in [5, 5.41) is 8.92. The van der Waals surface area contributed by atoms with Gasteiger partial charge in [0.2, 0.25) is 5.91 Å². The summed E-state index contributed by atoms with van der Waals surface area (Å²) >= 11 is 0. The number of carbonyl (C=O) groups excluding carboxylic acids is 2. The number of benzene rings is 1. The molecule has 0 aliphatic heterocycles. The van der Waals surface area contributed by atoms with Crippen molar-refractivity contribution in [2.75, 3.05) is 46.0 Å². The number of carbonyl (C=O) groups is 2. The van der Waals surface area contributed by atoms with Gasteiger partial charge in [-0.3, -0.25) is 9.59 Å². The van der Waals surface area contributed by atoms with Crippen molar-refractivity contribution in [3.05, 3.63) is 29.8 Å². The summed E-state index contributed by atoms with van der Waals surface area (Å²) in [6.07, 6.45) is 0. The summed E-state index contributed by atoms with van der Waals surface area (Å²) in [5.41, 5.74) is 0.603.